The molecule has 27 heavy (non-hydrogen) atoms. The van der Waals surface area contributed by atoms with Gasteiger partial charge in [0.1, 0.15) is 0 Å². The summed E-state index contributed by atoms with van der Waals surface area (Å²) in [6.07, 6.45) is 2.52. The van der Waals surface area contributed by atoms with Crippen LogP contribution in [-0.4, -0.2) is 88.6 Å². The van der Waals surface area contributed by atoms with Gasteiger partial charge in [-0.1, -0.05) is 0 Å². The van der Waals surface area contributed by atoms with E-state index in [-0.39, 0.29) is 5.91 Å². The van der Waals surface area contributed by atoms with E-state index in [9.17, 15) is 4.79 Å². The number of nitrogens with zero attached hydrogens (tertiary/aromatic N) is 6. The van der Waals surface area contributed by atoms with E-state index in [2.05, 4.69) is 20.2 Å². The van der Waals surface area contributed by atoms with Gasteiger partial charge in [0.2, 0.25) is 11.8 Å². The lowest BCUT2D eigenvalue weighted by molar-refractivity contribution is -0.130. The molecule has 0 spiro atoms. The van der Waals surface area contributed by atoms with Crippen molar-refractivity contribution < 1.29 is 14.3 Å². The molecular formula is C18H26N6O3. The molecular weight excluding hydrogens is 348 g/mol. The summed E-state index contributed by atoms with van der Waals surface area (Å²) < 4.78 is 12.4. The lowest BCUT2D eigenvalue weighted by Gasteiger charge is -2.32. The molecule has 0 aromatic carbocycles. The first kappa shape index (κ1) is 18.1. The van der Waals surface area contributed by atoms with E-state index < -0.39 is 0 Å². The van der Waals surface area contributed by atoms with E-state index in [0.717, 1.165) is 50.5 Å². The summed E-state index contributed by atoms with van der Waals surface area (Å²) in [7, 11) is 1.61. The second-order valence-corrected chi connectivity index (χ2v) is 7.06. The van der Waals surface area contributed by atoms with E-state index in [1.807, 2.05) is 11.0 Å². The highest BCUT2D eigenvalue weighted by molar-refractivity contribution is 5.76. The average Bonchev–Trinajstić information content (AvgIpc) is 3.02. The molecule has 2 aromatic rings. The maximum Gasteiger partial charge on any atom is 0.231 e. The first-order chi connectivity index (χ1) is 13.2. The van der Waals surface area contributed by atoms with Crippen molar-refractivity contribution in [2.75, 3.05) is 53.0 Å². The Kier molecular flexibility index (Phi) is 5.49. The van der Waals surface area contributed by atoms with Crippen LogP contribution in [0.3, 0.4) is 0 Å². The fourth-order valence-corrected chi connectivity index (χ4v) is 3.78. The zero-order chi connectivity index (χ0) is 18.6. The van der Waals surface area contributed by atoms with E-state index in [0.29, 0.717) is 38.0 Å². The highest BCUT2D eigenvalue weighted by Crippen LogP contribution is 2.27. The Morgan fingerprint density at radius 2 is 2.00 bits per heavy atom. The summed E-state index contributed by atoms with van der Waals surface area (Å²) in [6, 6.07) is 3.67. The molecule has 2 aliphatic rings. The number of amides is 1. The lowest BCUT2D eigenvalue weighted by Crippen LogP contribution is -2.42. The average molecular weight is 374 g/mol. The summed E-state index contributed by atoms with van der Waals surface area (Å²) >= 11 is 0. The summed E-state index contributed by atoms with van der Waals surface area (Å²) in [5.74, 6) is 2.01. The van der Waals surface area contributed by atoms with Crippen molar-refractivity contribution in [3.05, 3.63) is 18.0 Å². The van der Waals surface area contributed by atoms with Gasteiger partial charge in [0.25, 0.3) is 0 Å². The van der Waals surface area contributed by atoms with Gasteiger partial charge in [0, 0.05) is 31.6 Å². The van der Waals surface area contributed by atoms with Crippen molar-refractivity contribution in [1.82, 2.24) is 29.6 Å². The SMILES string of the molecule is COc1ccc2nnc(C3CCN(CCN4CCOCCC4=O)CC3)n2n1. The van der Waals surface area contributed by atoms with Crippen molar-refractivity contribution in [3.8, 4) is 5.88 Å². The predicted molar refractivity (Wildman–Crippen MR) is 97.8 cm³/mol. The van der Waals surface area contributed by atoms with Gasteiger partial charge in [0.15, 0.2) is 11.5 Å². The number of carbonyl (C=O) groups is 1. The summed E-state index contributed by atoms with van der Waals surface area (Å²) in [4.78, 5) is 16.4. The number of carbonyl (C=O) groups excluding carboxylic acids is 1. The van der Waals surface area contributed by atoms with Gasteiger partial charge in [-0.05, 0) is 32.0 Å². The van der Waals surface area contributed by atoms with Crippen LogP contribution in [-0.2, 0) is 9.53 Å². The summed E-state index contributed by atoms with van der Waals surface area (Å²) in [5.41, 5.74) is 0.745. The number of aromatic nitrogens is 4. The van der Waals surface area contributed by atoms with Crippen LogP contribution in [0.5, 0.6) is 5.88 Å². The Hall–Kier alpha value is -2.26. The minimum atomic E-state index is 0.206. The van der Waals surface area contributed by atoms with Crippen molar-refractivity contribution in [3.63, 3.8) is 0 Å². The van der Waals surface area contributed by atoms with Crippen molar-refractivity contribution >= 4 is 11.6 Å². The van der Waals surface area contributed by atoms with Crippen LogP contribution in [0.1, 0.15) is 31.0 Å². The van der Waals surface area contributed by atoms with Crippen molar-refractivity contribution in [1.29, 1.82) is 0 Å². The fraction of sp³-hybridized carbons (Fsp3) is 0.667. The van der Waals surface area contributed by atoms with Crippen LogP contribution in [0, 0.1) is 0 Å². The highest BCUT2D eigenvalue weighted by atomic mass is 16.5. The third-order valence-electron chi connectivity index (χ3n) is 5.43. The molecule has 0 bridgehead atoms. The first-order valence-corrected chi connectivity index (χ1v) is 9.59. The van der Waals surface area contributed by atoms with Gasteiger partial charge in [-0.25, -0.2) is 0 Å². The van der Waals surface area contributed by atoms with Crippen LogP contribution in [0.25, 0.3) is 5.65 Å². The van der Waals surface area contributed by atoms with E-state index in [4.69, 9.17) is 9.47 Å². The topological polar surface area (TPSA) is 85.1 Å². The molecule has 0 N–H and O–H groups in total. The predicted octanol–water partition coefficient (Wildman–Crippen LogP) is 0.561. The Balaban J connectivity index is 1.33. The van der Waals surface area contributed by atoms with E-state index in [1.54, 1.807) is 17.7 Å². The molecule has 4 rings (SSSR count). The third-order valence-corrected chi connectivity index (χ3v) is 5.43. The molecule has 1 amide bonds. The molecule has 2 fully saturated rings. The van der Waals surface area contributed by atoms with Gasteiger partial charge in [-0.2, -0.15) is 4.52 Å². The fourth-order valence-electron chi connectivity index (χ4n) is 3.78. The Morgan fingerprint density at radius 1 is 1.15 bits per heavy atom. The molecule has 0 saturated carbocycles. The van der Waals surface area contributed by atoms with Gasteiger partial charge in [-0.15, -0.1) is 15.3 Å². The number of hydrogen-bond acceptors (Lipinski definition) is 7. The molecule has 0 radical (unpaired) electrons. The maximum atomic E-state index is 12.1. The number of likely N-dealkylation sites (tertiary alicyclic amines) is 1. The molecule has 0 atom stereocenters. The Labute approximate surface area is 158 Å². The maximum absolute atomic E-state index is 12.1. The summed E-state index contributed by atoms with van der Waals surface area (Å²) in [6.45, 7) is 5.55. The molecule has 146 valence electrons. The van der Waals surface area contributed by atoms with Gasteiger partial charge in [0.05, 0.1) is 26.7 Å². The second kappa shape index (κ2) is 8.18. The molecule has 2 aliphatic heterocycles. The molecule has 9 heteroatoms. The normalized spacial score (nSPS) is 20.2. The number of hydrogen-bond donors (Lipinski definition) is 0. The first-order valence-electron chi connectivity index (χ1n) is 9.59. The van der Waals surface area contributed by atoms with Crippen molar-refractivity contribution in [2.24, 2.45) is 0 Å². The highest BCUT2D eigenvalue weighted by Gasteiger charge is 2.26. The lowest BCUT2D eigenvalue weighted by atomic mass is 9.96. The minimum absolute atomic E-state index is 0.206. The minimum Gasteiger partial charge on any atom is -0.480 e. The van der Waals surface area contributed by atoms with Gasteiger partial charge < -0.3 is 19.3 Å². The van der Waals surface area contributed by atoms with Crippen LogP contribution >= 0.6 is 0 Å². The van der Waals surface area contributed by atoms with Crippen LogP contribution in [0.2, 0.25) is 0 Å². The Bertz CT molecular complexity index is 786. The van der Waals surface area contributed by atoms with Crippen molar-refractivity contribution in [2.45, 2.75) is 25.2 Å². The quantitative estimate of drug-likeness (QED) is 0.756. The number of piperidine rings is 1. The van der Waals surface area contributed by atoms with Crippen LogP contribution in [0.15, 0.2) is 12.1 Å². The molecule has 9 nitrogen and oxygen atoms in total. The molecule has 0 aliphatic carbocycles. The van der Waals surface area contributed by atoms with E-state index >= 15 is 0 Å². The molecule has 2 saturated heterocycles. The molecule has 0 unspecified atom stereocenters. The second-order valence-electron chi connectivity index (χ2n) is 7.06. The monoisotopic (exact) mass is 374 g/mol. The number of methoxy groups -OCH3 is 1. The smallest absolute Gasteiger partial charge is 0.231 e. The third kappa shape index (κ3) is 4.03. The zero-order valence-electron chi connectivity index (χ0n) is 15.7. The zero-order valence-corrected chi connectivity index (χ0v) is 15.7. The Morgan fingerprint density at radius 3 is 2.81 bits per heavy atom. The molecule has 2 aromatic heterocycles. The standard InChI is InChI=1S/C18H26N6O3/c1-26-16-3-2-15-19-20-18(24(15)21-16)14-4-7-22(8-5-14)9-10-23-11-13-27-12-6-17(23)25/h2-3,14H,4-13H2,1H3. The van der Waals surface area contributed by atoms with Crippen LogP contribution < -0.4 is 4.74 Å². The largest absolute Gasteiger partial charge is 0.480 e. The summed E-state index contributed by atoms with van der Waals surface area (Å²) in [5, 5.41) is 13.1. The number of fused-ring (bicyclic) bond motifs is 1. The van der Waals surface area contributed by atoms with E-state index in [1.165, 1.54) is 0 Å². The van der Waals surface area contributed by atoms with Gasteiger partial charge >= 0.3 is 0 Å². The van der Waals surface area contributed by atoms with Gasteiger partial charge in [-0.3, -0.25) is 4.79 Å². The molecule has 4 heterocycles. The number of rotatable bonds is 5. The number of ether oxygens (including phenoxy) is 2. The van der Waals surface area contributed by atoms with Crippen LogP contribution in [0.4, 0.5) is 0 Å².